The van der Waals surface area contributed by atoms with Gasteiger partial charge in [0.2, 0.25) is 5.91 Å². The Morgan fingerprint density at radius 3 is 2.56 bits per heavy atom. The van der Waals surface area contributed by atoms with E-state index in [9.17, 15) is 4.79 Å². The van der Waals surface area contributed by atoms with Crippen molar-refractivity contribution >= 4 is 36.4 Å². The van der Waals surface area contributed by atoms with Gasteiger partial charge in [-0.25, -0.2) is 0 Å². The number of amides is 1. The first-order valence-corrected chi connectivity index (χ1v) is 8.67. The van der Waals surface area contributed by atoms with Crippen LogP contribution < -0.4 is 20.3 Å². The lowest BCUT2D eigenvalue weighted by atomic mass is 9.97. The molecule has 1 unspecified atom stereocenters. The lowest BCUT2D eigenvalue weighted by molar-refractivity contribution is -0.126. The van der Waals surface area contributed by atoms with Crippen LogP contribution in [0.3, 0.4) is 0 Å². The van der Waals surface area contributed by atoms with E-state index in [4.69, 9.17) is 4.74 Å². The third kappa shape index (κ3) is 5.66. The average Bonchev–Trinajstić information content (AvgIpc) is 2.63. The molecule has 0 saturated carbocycles. The van der Waals surface area contributed by atoms with Crippen molar-refractivity contribution in [2.75, 3.05) is 38.2 Å². The summed E-state index contributed by atoms with van der Waals surface area (Å²) < 4.78 is 5.45. The maximum absolute atomic E-state index is 12.3. The summed E-state index contributed by atoms with van der Waals surface area (Å²) in [5.41, 5.74) is 1.15. The van der Waals surface area contributed by atoms with Gasteiger partial charge in [0.1, 0.15) is 5.75 Å². The molecule has 2 heterocycles. The highest BCUT2D eigenvalue weighted by Gasteiger charge is 2.26. The van der Waals surface area contributed by atoms with E-state index in [0.717, 1.165) is 63.3 Å². The molecule has 0 aromatic heterocycles. The Labute approximate surface area is 162 Å². The van der Waals surface area contributed by atoms with Crippen molar-refractivity contribution in [3.05, 3.63) is 24.3 Å². The first kappa shape index (κ1) is 21.9. The zero-order valence-electron chi connectivity index (χ0n) is 14.7. The van der Waals surface area contributed by atoms with Crippen molar-refractivity contribution in [2.45, 2.75) is 31.7 Å². The second-order valence-electron chi connectivity index (χ2n) is 6.49. The number of anilines is 1. The van der Waals surface area contributed by atoms with Crippen LogP contribution in [0.4, 0.5) is 5.69 Å². The molecule has 2 aliphatic rings. The Morgan fingerprint density at radius 1 is 1.20 bits per heavy atom. The second-order valence-corrected chi connectivity index (χ2v) is 6.49. The van der Waals surface area contributed by atoms with Gasteiger partial charge in [0.25, 0.3) is 0 Å². The Balaban J connectivity index is 0.00000156. The highest BCUT2D eigenvalue weighted by Crippen LogP contribution is 2.29. The fraction of sp³-hybridized carbons (Fsp3) is 0.611. The smallest absolute Gasteiger partial charge is 0.224 e. The normalized spacial score (nSPS) is 20.8. The number of hydrogen-bond donors (Lipinski definition) is 2. The van der Waals surface area contributed by atoms with Gasteiger partial charge in [-0.15, -0.1) is 24.8 Å². The number of piperidine rings is 2. The number of methoxy groups -OCH3 is 1. The van der Waals surface area contributed by atoms with Gasteiger partial charge in [0, 0.05) is 25.7 Å². The van der Waals surface area contributed by atoms with Crippen molar-refractivity contribution in [1.29, 1.82) is 0 Å². The number of nitrogens with zero attached hydrogens (tertiary/aromatic N) is 1. The standard InChI is InChI=1S/C18H27N3O2.2ClH/c1-23-17-7-3-2-6-16(17)21-11-8-15(9-12-21)20-18(22)14-5-4-10-19-13-14;;/h2-3,6-7,14-15,19H,4-5,8-13H2,1H3,(H,20,22);2*1H. The second kappa shape index (κ2) is 10.7. The van der Waals surface area contributed by atoms with Gasteiger partial charge in [-0.1, -0.05) is 12.1 Å². The summed E-state index contributed by atoms with van der Waals surface area (Å²) in [5.74, 6) is 1.30. The lowest BCUT2D eigenvalue weighted by Crippen LogP contribution is -2.48. The molecule has 1 amide bonds. The average molecular weight is 390 g/mol. The number of benzene rings is 1. The number of para-hydroxylation sites is 2. The summed E-state index contributed by atoms with van der Waals surface area (Å²) in [4.78, 5) is 14.7. The van der Waals surface area contributed by atoms with Gasteiger partial charge < -0.3 is 20.3 Å². The first-order chi connectivity index (χ1) is 11.3. The molecule has 3 rings (SSSR count). The van der Waals surface area contributed by atoms with Crippen molar-refractivity contribution in [1.82, 2.24) is 10.6 Å². The van der Waals surface area contributed by atoms with Crippen LogP contribution in [0.25, 0.3) is 0 Å². The van der Waals surface area contributed by atoms with Gasteiger partial charge in [-0.3, -0.25) is 4.79 Å². The van der Waals surface area contributed by atoms with Gasteiger partial charge >= 0.3 is 0 Å². The molecule has 2 N–H and O–H groups in total. The molecule has 0 bridgehead atoms. The van der Waals surface area contributed by atoms with E-state index in [0.29, 0.717) is 6.04 Å². The number of hydrogen-bond acceptors (Lipinski definition) is 4. The number of carbonyl (C=O) groups is 1. The summed E-state index contributed by atoms with van der Waals surface area (Å²) in [6.07, 6.45) is 4.09. The lowest BCUT2D eigenvalue weighted by Gasteiger charge is -2.35. The molecule has 2 saturated heterocycles. The molecular formula is C18H29Cl2N3O2. The maximum Gasteiger partial charge on any atom is 0.224 e. The van der Waals surface area contributed by atoms with Crippen LogP contribution in [-0.4, -0.2) is 45.2 Å². The van der Waals surface area contributed by atoms with Crippen LogP contribution in [0.15, 0.2) is 24.3 Å². The topological polar surface area (TPSA) is 53.6 Å². The van der Waals surface area contributed by atoms with Crippen LogP contribution in [0.2, 0.25) is 0 Å². The van der Waals surface area contributed by atoms with Crippen LogP contribution in [0, 0.1) is 5.92 Å². The highest BCUT2D eigenvalue weighted by atomic mass is 35.5. The molecule has 25 heavy (non-hydrogen) atoms. The van der Waals surface area contributed by atoms with Crippen LogP contribution >= 0.6 is 24.8 Å². The summed E-state index contributed by atoms with van der Waals surface area (Å²) in [6.45, 7) is 3.77. The van der Waals surface area contributed by atoms with Gasteiger partial charge in [-0.05, 0) is 44.4 Å². The van der Waals surface area contributed by atoms with Crippen LogP contribution in [0.5, 0.6) is 5.75 Å². The number of nitrogens with one attached hydrogen (secondary N) is 2. The van der Waals surface area contributed by atoms with E-state index < -0.39 is 0 Å². The molecule has 2 aliphatic heterocycles. The predicted molar refractivity (Wildman–Crippen MR) is 106 cm³/mol. The number of carbonyl (C=O) groups excluding carboxylic acids is 1. The van der Waals surface area contributed by atoms with Gasteiger partial charge in [0.05, 0.1) is 18.7 Å². The molecule has 1 aromatic rings. The minimum Gasteiger partial charge on any atom is -0.495 e. The predicted octanol–water partition coefficient (Wildman–Crippen LogP) is 2.62. The van der Waals surface area contributed by atoms with Crippen LogP contribution in [-0.2, 0) is 4.79 Å². The highest BCUT2D eigenvalue weighted by molar-refractivity contribution is 5.85. The number of rotatable bonds is 4. The molecular weight excluding hydrogens is 361 g/mol. The molecule has 0 radical (unpaired) electrons. The van der Waals surface area contributed by atoms with Crippen molar-refractivity contribution < 1.29 is 9.53 Å². The van der Waals surface area contributed by atoms with Crippen LogP contribution in [0.1, 0.15) is 25.7 Å². The minimum absolute atomic E-state index is 0. The van der Waals surface area contributed by atoms with Crippen molar-refractivity contribution in [3.8, 4) is 5.75 Å². The number of halogens is 2. The quantitative estimate of drug-likeness (QED) is 0.830. The monoisotopic (exact) mass is 389 g/mol. The third-order valence-electron chi connectivity index (χ3n) is 4.93. The molecule has 1 atom stereocenters. The Kier molecular flexibility index (Phi) is 9.39. The summed E-state index contributed by atoms with van der Waals surface area (Å²) in [6, 6.07) is 8.44. The van der Waals surface area contributed by atoms with E-state index in [1.54, 1.807) is 7.11 Å². The van der Waals surface area contributed by atoms with Gasteiger partial charge in [-0.2, -0.15) is 0 Å². The van der Waals surface area contributed by atoms with E-state index in [1.807, 2.05) is 18.2 Å². The zero-order chi connectivity index (χ0) is 16.1. The zero-order valence-corrected chi connectivity index (χ0v) is 16.3. The van der Waals surface area contributed by atoms with E-state index in [2.05, 4.69) is 21.6 Å². The van der Waals surface area contributed by atoms with Gasteiger partial charge in [0.15, 0.2) is 0 Å². The summed E-state index contributed by atoms with van der Waals surface area (Å²) >= 11 is 0. The SMILES string of the molecule is COc1ccccc1N1CCC(NC(=O)C2CCCNC2)CC1.Cl.Cl. The summed E-state index contributed by atoms with van der Waals surface area (Å²) in [7, 11) is 1.71. The fourth-order valence-electron chi connectivity index (χ4n) is 3.55. The molecule has 7 heteroatoms. The first-order valence-electron chi connectivity index (χ1n) is 8.67. The van der Waals surface area contributed by atoms with E-state index in [-0.39, 0.29) is 36.6 Å². The van der Waals surface area contributed by atoms with Crippen molar-refractivity contribution in [3.63, 3.8) is 0 Å². The molecule has 0 aliphatic carbocycles. The van der Waals surface area contributed by atoms with E-state index >= 15 is 0 Å². The fourth-order valence-corrected chi connectivity index (χ4v) is 3.55. The maximum atomic E-state index is 12.3. The molecule has 142 valence electrons. The molecule has 0 spiro atoms. The Hall–Kier alpha value is -1.17. The molecule has 5 nitrogen and oxygen atoms in total. The largest absolute Gasteiger partial charge is 0.495 e. The van der Waals surface area contributed by atoms with E-state index in [1.165, 1.54) is 0 Å². The Morgan fingerprint density at radius 2 is 1.92 bits per heavy atom. The molecule has 1 aromatic carbocycles. The number of ether oxygens (including phenoxy) is 1. The minimum atomic E-state index is 0. The van der Waals surface area contributed by atoms with Crippen molar-refractivity contribution in [2.24, 2.45) is 5.92 Å². The summed E-state index contributed by atoms with van der Waals surface area (Å²) in [5, 5.41) is 6.56. The third-order valence-corrected chi connectivity index (χ3v) is 4.93. The molecule has 2 fully saturated rings. The Bertz CT molecular complexity index is 531.